The highest BCUT2D eigenvalue weighted by Crippen LogP contribution is 2.27. The summed E-state index contributed by atoms with van der Waals surface area (Å²) in [5.41, 5.74) is 3.82. The molecule has 0 aliphatic carbocycles. The van der Waals surface area contributed by atoms with Crippen LogP contribution >= 0.6 is 0 Å². The molecule has 0 aromatic heterocycles. The molecule has 0 saturated carbocycles. The van der Waals surface area contributed by atoms with Crippen LogP contribution in [0.25, 0.3) is 0 Å². The molecule has 0 aliphatic heterocycles. The standard InChI is InChI=1S/C20H23N3O4/c1-13(2)11-18(24)22-16-9-7-14(8-10-16)20(26)23-21-12-15-5-4-6-17(27-3)19(15)25/h4-10,12-13,25H,11H2,1-3H3,(H,22,24)(H,23,26)/b21-12+. The largest absolute Gasteiger partial charge is 0.504 e. The molecule has 7 nitrogen and oxygen atoms in total. The van der Waals surface area contributed by atoms with Crippen molar-refractivity contribution in [2.75, 3.05) is 12.4 Å². The van der Waals surface area contributed by atoms with Crippen LogP contribution in [0.15, 0.2) is 47.6 Å². The van der Waals surface area contributed by atoms with Crippen molar-refractivity contribution in [2.45, 2.75) is 20.3 Å². The Hall–Kier alpha value is -3.35. The quantitative estimate of drug-likeness (QED) is 0.515. The molecule has 27 heavy (non-hydrogen) atoms. The molecule has 0 fully saturated rings. The van der Waals surface area contributed by atoms with Crippen molar-refractivity contribution in [3.8, 4) is 11.5 Å². The molecule has 0 atom stereocenters. The number of ether oxygens (including phenoxy) is 1. The molecule has 0 unspecified atom stereocenters. The number of hydrogen-bond donors (Lipinski definition) is 3. The summed E-state index contributed by atoms with van der Waals surface area (Å²) in [4.78, 5) is 23.9. The van der Waals surface area contributed by atoms with E-state index in [1.165, 1.54) is 13.3 Å². The molecule has 0 heterocycles. The van der Waals surface area contributed by atoms with E-state index in [0.717, 1.165) is 0 Å². The molecule has 0 radical (unpaired) electrons. The lowest BCUT2D eigenvalue weighted by Gasteiger charge is -2.08. The van der Waals surface area contributed by atoms with E-state index in [1.807, 2.05) is 13.8 Å². The van der Waals surface area contributed by atoms with Gasteiger partial charge in [0.15, 0.2) is 11.5 Å². The Kier molecular flexibility index (Phi) is 6.93. The fourth-order valence-corrected chi connectivity index (χ4v) is 2.32. The van der Waals surface area contributed by atoms with E-state index in [-0.39, 0.29) is 17.6 Å². The molecule has 0 spiro atoms. The van der Waals surface area contributed by atoms with Crippen LogP contribution in [0.3, 0.4) is 0 Å². The molecular formula is C20H23N3O4. The van der Waals surface area contributed by atoms with Gasteiger partial charge < -0.3 is 15.2 Å². The minimum absolute atomic E-state index is 0.0560. The van der Waals surface area contributed by atoms with Crippen LogP contribution in [0.4, 0.5) is 5.69 Å². The first-order valence-electron chi connectivity index (χ1n) is 8.50. The van der Waals surface area contributed by atoms with Gasteiger partial charge in [-0.3, -0.25) is 9.59 Å². The summed E-state index contributed by atoms with van der Waals surface area (Å²) in [6, 6.07) is 11.5. The van der Waals surface area contributed by atoms with Crippen LogP contribution in [0.2, 0.25) is 0 Å². The second-order valence-electron chi connectivity index (χ2n) is 6.32. The van der Waals surface area contributed by atoms with Crippen LogP contribution < -0.4 is 15.5 Å². The fourth-order valence-electron chi connectivity index (χ4n) is 2.32. The van der Waals surface area contributed by atoms with Gasteiger partial charge in [0, 0.05) is 23.2 Å². The van der Waals surface area contributed by atoms with E-state index in [4.69, 9.17) is 4.74 Å². The van der Waals surface area contributed by atoms with Crippen LogP contribution in [-0.4, -0.2) is 30.2 Å². The molecule has 7 heteroatoms. The summed E-state index contributed by atoms with van der Waals surface area (Å²) in [5.74, 6) is 0.0652. The number of carbonyl (C=O) groups excluding carboxylic acids is 2. The van der Waals surface area contributed by atoms with Gasteiger partial charge in [0.25, 0.3) is 5.91 Å². The second-order valence-corrected chi connectivity index (χ2v) is 6.32. The Labute approximate surface area is 158 Å². The first-order chi connectivity index (χ1) is 12.9. The highest BCUT2D eigenvalue weighted by Gasteiger charge is 2.08. The van der Waals surface area contributed by atoms with E-state index in [1.54, 1.807) is 42.5 Å². The molecule has 0 aliphatic rings. The minimum atomic E-state index is -0.409. The van der Waals surface area contributed by atoms with Gasteiger partial charge in [-0.15, -0.1) is 0 Å². The van der Waals surface area contributed by atoms with E-state index < -0.39 is 5.91 Å². The summed E-state index contributed by atoms with van der Waals surface area (Å²) in [5, 5.41) is 16.6. The fraction of sp³-hybridized carbons (Fsp3) is 0.250. The number of nitrogens with zero attached hydrogens (tertiary/aromatic N) is 1. The average Bonchev–Trinajstić information content (AvgIpc) is 2.63. The number of aromatic hydroxyl groups is 1. The van der Waals surface area contributed by atoms with Gasteiger partial charge in [0.2, 0.25) is 5.91 Å². The van der Waals surface area contributed by atoms with Crippen molar-refractivity contribution < 1.29 is 19.4 Å². The maximum Gasteiger partial charge on any atom is 0.271 e. The Morgan fingerprint density at radius 3 is 2.52 bits per heavy atom. The monoisotopic (exact) mass is 369 g/mol. The highest BCUT2D eigenvalue weighted by molar-refractivity contribution is 5.96. The van der Waals surface area contributed by atoms with Crippen LogP contribution in [0.5, 0.6) is 11.5 Å². The predicted octanol–water partition coefficient (Wildman–Crippen LogP) is 3.15. The smallest absolute Gasteiger partial charge is 0.271 e. The lowest BCUT2D eigenvalue weighted by molar-refractivity contribution is -0.116. The molecule has 0 saturated heterocycles. The van der Waals surface area contributed by atoms with Crippen molar-refractivity contribution in [1.82, 2.24) is 5.43 Å². The minimum Gasteiger partial charge on any atom is -0.504 e. The van der Waals surface area contributed by atoms with Crippen molar-refractivity contribution in [3.63, 3.8) is 0 Å². The third-order valence-electron chi connectivity index (χ3n) is 3.64. The summed E-state index contributed by atoms with van der Waals surface area (Å²) >= 11 is 0. The lowest BCUT2D eigenvalue weighted by Crippen LogP contribution is -2.18. The number of benzene rings is 2. The zero-order valence-corrected chi connectivity index (χ0v) is 15.5. The molecule has 2 aromatic carbocycles. The van der Waals surface area contributed by atoms with Gasteiger partial charge in [0.1, 0.15) is 0 Å². The van der Waals surface area contributed by atoms with Gasteiger partial charge in [-0.2, -0.15) is 5.10 Å². The molecule has 2 aromatic rings. The third-order valence-corrected chi connectivity index (χ3v) is 3.64. The zero-order chi connectivity index (χ0) is 19.8. The SMILES string of the molecule is COc1cccc(/C=N/NC(=O)c2ccc(NC(=O)CC(C)C)cc2)c1O. The number of anilines is 1. The lowest BCUT2D eigenvalue weighted by atomic mass is 10.1. The van der Waals surface area contributed by atoms with Gasteiger partial charge in [-0.25, -0.2) is 5.43 Å². The first-order valence-corrected chi connectivity index (χ1v) is 8.50. The number of hydrogen-bond acceptors (Lipinski definition) is 5. The summed E-state index contributed by atoms with van der Waals surface area (Å²) in [6.07, 6.45) is 1.77. The Balaban J connectivity index is 1.95. The van der Waals surface area contributed by atoms with E-state index in [0.29, 0.717) is 29.0 Å². The van der Waals surface area contributed by atoms with Crippen molar-refractivity contribution >= 4 is 23.7 Å². The number of nitrogens with one attached hydrogen (secondary N) is 2. The first kappa shape index (κ1) is 20.0. The zero-order valence-electron chi connectivity index (χ0n) is 15.5. The molecule has 3 N–H and O–H groups in total. The van der Waals surface area contributed by atoms with E-state index in [9.17, 15) is 14.7 Å². The maximum absolute atomic E-state index is 12.1. The van der Waals surface area contributed by atoms with Gasteiger partial charge in [-0.1, -0.05) is 19.9 Å². The number of phenols is 1. The number of rotatable bonds is 7. The van der Waals surface area contributed by atoms with Crippen molar-refractivity contribution in [3.05, 3.63) is 53.6 Å². The second kappa shape index (κ2) is 9.38. The highest BCUT2D eigenvalue weighted by atomic mass is 16.5. The average molecular weight is 369 g/mol. The molecule has 142 valence electrons. The Bertz CT molecular complexity index is 830. The van der Waals surface area contributed by atoms with Gasteiger partial charge in [0.05, 0.1) is 13.3 Å². The summed E-state index contributed by atoms with van der Waals surface area (Å²) < 4.78 is 5.01. The summed E-state index contributed by atoms with van der Waals surface area (Å²) in [6.45, 7) is 3.94. The normalized spacial score (nSPS) is 10.8. The van der Waals surface area contributed by atoms with Crippen molar-refractivity contribution in [2.24, 2.45) is 11.0 Å². The van der Waals surface area contributed by atoms with Crippen molar-refractivity contribution in [1.29, 1.82) is 0 Å². The van der Waals surface area contributed by atoms with Crippen LogP contribution in [0, 0.1) is 5.92 Å². The summed E-state index contributed by atoms with van der Waals surface area (Å²) in [7, 11) is 1.45. The van der Waals surface area contributed by atoms with Gasteiger partial charge >= 0.3 is 0 Å². The van der Waals surface area contributed by atoms with E-state index >= 15 is 0 Å². The number of hydrazone groups is 1. The number of methoxy groups -OCH3 is 1. The molecular weight excluding hydrogens is 346 g/mol. The topological polar surface area (TPSA) is 100 Å². The Morgan fingerprint density at radius 2 is 1.89 bits per heavy atom. The Morgan fingerprint density at radius 1 is 1.19 bits per heavy atom. The maximum atomic E-state index is 12.1. The molecule has 2 rings (SSSR count). The molecule has 2 amide bonds. The van der Waals surface area contributed by atoms with Gasteiger partial charge in [-0.05, 0) is 42.3 Å². The predicted molar refractivity (Wildman–Crippen MR) is 104 cm³/mol. The number of carbonyl (C=O) groups is 2. The van der Waals surface area contributed by atoms with Crippen LogP contribution in [0.1, 0.15) is 36.2 Å². The number of amides is 2. The van der Waals surface area contributed by atoms with Crippen LogP contribution in [-0.2, 0) is 4.79 Å². The number of phenolic OH excluding ortho intramolecular Hbond substituents is 1. The number of para-hydroxylation sites is 1. The third kappa shape index (κ3) is 5.85. The molecule has 0 bridgehead atoms. The van der Waals surface area contributed by atoms with E-state index in [2.05, 4.69) is 15.8 Å².